The van der Waals surface area contributed by atoms with Crippen molar-refractivity contribution in [1.29, 1.82) is 0 Å². The summed E-state index contributed by atoms with van der Waals surface area (Å²) in [6.45, 7) is 6.84. The van der Waals surface area contributed by atoms with E-state index in [2.05, 4.69) is 22.5 Å². The first-order valence-electron chi connectivity index (χ1n) is 11.3. The largest absolute Gasteiger partial charge is 0.366 e. The second-order valence-electron chi connectivity index (χ2n) is 8.45. The maximum absolute atomic E-state index is 11.4. The smallest absolute Gasteiger partial charge is 0.248 e. The summed E-state index contributed by atoms with van der Waals surface area (Å²) >= 11 is 0. The molecule has 2 fully saturated rings. The van der Waals surface area contributed by atoms with Crippen LogP contribution in [0.2, 0.25) is 0 Å². The van der Waals surface area contributed by atoms with E-state index in [0.717, 1.165) is 24.6 Å². The van der Waals surface area contributed by atoms with Crippen LogP contribution in [0.5, 0.6) is 0 Å². The van der Waals surface area contributed by atoms with Crippen LogP contribution in [0.15, 0.2) is 29.3 Å². The summed E-state index contributed by atoms with van der Waals surface area (Å²) in [4.78, 5) is 18.9. The SMILES string of the molecule is CCNC(=NCc1cccc(C(N)=O)c1)NCC1(N2CCCCC2)CCCCC1. The van der Waals surface area contributed by atoms with Crippen molar-refractivity contribution < 1.29 is 4.79 Å². The van der Waals surface area contributed by atoms with Gasteiger partial charge in [-0.25, -0.2) is 4.99 Å². The van der Waals surface area contributed by atoms with Crippen molar-refractivity contribution in [2.75, 3.05) is 26.2 Å². The monoisotopic (exact) mass is 399 g/mol. The molecule has 3 rings (SSSR count). The number of rotatable bonds is 7. The number of primary amides is 1. The predicted octanol–water partition coefficient (Wildman–Crippen LogP) is 3.03. The van der Waals surface area contributed by atoms with Crippen molar-refractivity contribution in [3.8, 4) is 0 Å². The van der Waals surface area contributed by atoms with Crippen LogP contribution in [0.4, 0.5) is 0 Å². The number of benzene rings is 1. The van der Waals surface area contributed by atoms with E-state index in [1.54, 1.807) is 6.07 Å². The highest BCUT2D eigenvalue weighted by atomic mass is 16.1. The summed E-state index contributed by atoms with van der Waals surface area (Å²) in [7, 11) is 0. The van der Waals surface area contributed by atoms with E-state index < -0.39 is 5.91 Å². The molecule has 4 N–H and O–H groups in total. The zero-order valence-electron chi connectivity index (χ0n) is 17.9. The lowest BCUT2D eigenvalue weighted by atomic mass is 9.79. The van der Waals surface area contributed by atoms with E-state index in [9.17, 15) is 4.79 Å². The standard InChI is InChI=1S/C23H37N5O/c1-2-25-22(26-17-19-10-9-11-20(16-19)21(24)29)27-18-23(12-5-3-6-13-23)28-14-7-4-8-15-28/h9-11,16H,2-8,12-15,17-18H2,1H3,(H2,24,29)(H2,25,26,27). The van der Waals surface area contributed by atoms with E-state index >= 15 is 0 Å². The van der Waals surface area contributed by atoms with Crippen molar-refractivity contribution in [3.63, 3.8) is 0 Å². The highest BCUT2D eigenvalue weighted by molar-refractivity contribution is 5.92. The molecule has 1 aromatic rings. The van der Waals surface area contributed by atoms with Gasteiger partial charge >= 0.3 is 0 Å². The number of nitrogens with zero attached hydrogens (tertiary/aromatic N) is 2. The van der Waals surface area contributed by atoms with Crippen molar-refractivity contribution in [2.24, 2.45) is 10.7 Å². The zero-order chi connectivity index (χ0) is 20.5. The number of hydrogen-bond acceptors (Lipinski definition) is 3. The molecule has 2 aliphatic rings. The molecule has 160 valence electrons. The molecule has 0 atom stereocenters. The lowest BCUT2D eigenvalue weighted by molar-refractivity contribution is 0.0368. The van der Waals surface area contributed by atoms with Gasteiger partial charge in [0.1, 0.15) is 0 Å². The summed E-state index contributed by atoms with van der Waals surface area (Å²) in [6.07, 6.45) is 10.6. The summed E-state index contributed by atoms with van der Waals surface area (Å²) in [6, 6.07) is 7.41. The minimum atomic E-state index is -0.401. The van der Waals surface area contributed by atoms with Gasteiger partial charge in [0, 0.05) is 24.2 Å². The van der Waals surface area contributed by atoms with Gasteiger partial charge in [-0.3, -0.25) is 9.69 Å². The molecule has 0 radical (unpaired) electrons. The molecule has 1 amide bonds. The summed E-state index contributed by atoms with van der Waals surface area (Å²) < 4.78 is 0. The third kappa shape index (κ3) is 5.95. The van der Waals surface area contributed by atoms with Crippen LogP contribution in [-0.4, -0.2) is 48.5 Å². The molecule has 29 heavy (non-hydrogen) atoms. The Bertz CT molecular complexity index is 690. The number of piperidine rings is 1. The van der Waals surface area contributed by atoms with Gasteiger partial charge in [0.15, 0.2) is 5.96 Å². The highest BCUT2D eigenvalue weighted by Crippen LogP contribution is 2.35. The molecule has 1 saturated heterocycles. The second kappa shape index (κ2) is 10.6. The molecule has 1 aliphatic carbocycles. The molecular formula is C23H37N5O. The van der Waals surface area contributed by atoms with Crippen LogP contribution in [0.1, 0.15) is 74.2 Å². The lowest BCUT2D eigenvalue weighted by Gasteiger charge is -2.48. The van der Waals surface area contributed by atoms with Crippen molar-refractivity contribution >= 4 is 11.9 Å². The van der Waals surface area contributed by atoms with E-state index in [1.807, 2.05) is 18.2 Å². The Morgan fingerprint density at radius 2 is 1.83 bits per heavy atom. The van der Waals surface area contributed by atoms with Crippen LogP contribution in [0, 0.1) is 0 Å². The number of carbonyl (C=O) groups excluding carboxylic acids is 1. The van der Waals surface area contributed by atoms with Crippen LogP contribution < -0.4 is 16.4 Å². The number of likely N-dealkylation sites (tertiary alicyclic amines) is 1. The highest BCUT2D eigenvalue weighted by Gasteiger charge is 2.38. The number of nitrogens with two attached hydrogens (primary N) is 1. The Balaban J connectivity index is 1.67. The maximum Gasteiger partial charge on any atom is 0.248 e. The fourth-order valence-electron chi connectivity index (χ4n) is 4.77. The average molecular weight is 400 g/mol. The quantitative estimate of drug-likeness (QED) is 0.486. The summed E-state index contributed by atoms with van der Waals surface area (Å²) in [5.74, 6) is 0.445. The Kier molecular flexibility index (Phi) is 7.92. The van der Waals surface area contributed by atoms with Gasteiger partial charge in [-0.2, -0.15) is 0 Å². The van der Waals surface area contributed by atoms with E-state index in [0.29, 0.717) is 12.1 Å². The summed E-state index contributed by atoms with van der Waals surface area (Å²) in [5, 5.41) is 7.02. The first-order valence-corrected chi connectivity index (χ1v) is 11.3. The molecule has 0 unspecified atom stereocenters. The molecule has 0 bridgehead atoms. The third-order valence-corrected chi connectivity index (χ3v) is 6.37. The number of amides is 1. The van der Waals surface area contributed by atoms with Crippen LogP contribution in [0.3, 0.4) is 0 Å². The number of hydrogen-bond donors (Lipinski definition) is 3. The van der Waals surface area contributed by atoms with Crippen molar-refractivity contribution in [3.05, 3.63) is 35.4 Å². The normalized spacial score (nSPS) is 20.2. The van der Waals surface area contributed by atoms with Gasteiger partial charge in [0.2, 0.25) is 5.91 Å². The van der Waals surface area contributed by atoms with E-state index in [-0.39, 0.29) is 5.54 Å². The second-order valence-corrected chi connectivity index (χ2v) is 8.45. The molecule has 1 aromatic carbocycles. The lowest BCUT2D eigenvalue weighted by Crippen LogP contribution is -2.59. The molecule has 1 heterocycles. The Morgan fingerprint density at radius 1 is 1.10 bits per heavy atom. The van der Waals surface area contributed by atoms with Gasteiger partial charge in [0.25, 0.3) is 0 Å². The van der Waals surface area contributed by atoms with E-state index in [1.165, 1.54) is 64.5 Å². The average Bonchev–Trinajstić information content (AvgIpc) is 2.77. The third-order valence-electron chi connectivity index (χ3n) is 6.37. The molecular weight excluding hydrogens is 362 g/mol. The molecule has 1 aliphatic heterocycles. The Hall–Kier alpha value is -2.08. The van der Waals surface area contributed by atoms with Crippen LogP contribution in [0.25, 0.3) is 0 Å². The topological polar surface area (TPSA) is 82.7 Å². The van der Waals surface area contributed by atoms with Gasteiger partial charge in [-0.15, -0.1) is 0 Å². The zero-order valence-corrected chi connectivity index (χ0v) is 17.9. The molecule has 1 saturated carbocycles. The maximum atomic E-state index is 11.4. The first-order chi connectivity index (χ1) is 14.1. The van der Waals surface area contributed by atoms with Gasteiger partial charge < -0.3 is 16.4 Å². The number of nitrogens with one attached hydrogen (secondary N) is 2. The molecule has 0 aromatic heterocycles. The van der Waals surface area contributed by atoms with Crippen molar-refractivity contribution in [2.45, 2.75) is 70.4 Å². The molecule has 6 heteroatoms. The molecule has 6 nitrogen and oxygen atoms in total. The Morgan fingerprint density at radius 3 is 2.52 bits per heavy atom. The van der Waals surface area contributed by atoms with E-state index in [4.69, 9.17) is 10.7 Å². The fourth-order valence-corrected chi connectivity index (χ4v) is 4.77. The predicted molar refractivity (Wildman–Crippen MR) is 119 cm³/mol. The van der Waals surface area contributed by atoms with Crippen LogP contribution in [-0.2, 0) is 6.54 Å². The fraction of sp³-hybridized carbons (Fsp3) is 0.652. The van der Waals surface area contributed by atoms with Crippen LogP contribution >= 0.6 is 0 Å². The molecule has 0 spiro atoms. The minimum Gasteiger partial charge on any atom is -0.366 e. The number of aliphatic imine (C=N–C) groups is 1. The van der Waals surface area contributed by atoms with Crippen molar-refractivity contribution in [1.82, 2.24) is 15.5 Å². The van der Waals surface area contributed by atoms with Gasteiger partial charge in [0.05, 0.1) is 6.54 Å². The minimum absolute atomic E-state index is 0.265. The number of guanidine groups is 1. The van der Waals surface area contributed by atoms with Gasteiger partial charge in [-0.05, 0) is 63.4 Å². The first kappa shape index (κ1) is 21.6. The van der Waals surface area contributed by atoms with Gasteiger partial charge in [-0.1, -0.05) is 37.8 Å². The summed E-state index contributed by atoms with van der Waals surface area (Å²) in [5.41, 5.74) is 7.18. The Labute approximate surface area is 175 Å². The number of carbonyl (C=O) groups is 1.